The van der Waals surface area contributed by atoms with E-state index >= 15 is 0 Å². The Morgan fingerprint density at radius 1 is 1.30 bits per heavy atom. The highest BCUT2D eigenvalue weighted by Gasteiger charge is 2.31. The maximum Gasteiger partial charge on any atom is 0.339 e. The van der Waals surface area contributed by atoms with Crippen molar-refractivity contribution in [2.24, 2.45) is 0 Å². The maximum absolute atomic E-state index is 12.4. The number of nitrogens with one attached hydrogen (secondary N) is 1. The van der Waals surface area contributed by atoms with E-state index in [0.29, 0.717) is 17.2 Å². The van der Waals surface area contributed by atoms with E-state index in [9.17, 15) is 14.4 Å². The van der Waals surface area contributed by atoms with Crippen LogP contribution in [-0.2, 0) is 16.1 Å². The van der Waals surface area contributed by atoms with Crippen molar-refractivity contribution in [2.45, 2.75) is 32.9 Å². The number of amides is 2. The molecule has 0 saturated heterocycles. The van der Waals surface area contributed by atoms with E-state index in [4.69, 9.17) is 14.3 Å². The van der Waals surface area contributed by atoms with E-state index in [-0.39, 0.29) is 42.6 Å². The number of anilines is 1. The molecule has 0 fully saturated rings. The second-order valence-corrected chi connectivity index (χ2v) is 6.23. The van der Waals surface area contributed by atoms with Gasteiger partial charge in [0.25, 0.3) is 5.91 Å². The van der Waals surface area contributed by atoms with Crippen LogP contribution < -0.4 is 15.0 Å². The molecule has 0 aliphatic carbocycles. The molecular formula is C19H20N2O6. The van der Waals surface area contributed by atoms with Crippen LogP contribution in [0.15, 0.2) is 34.7 Å². The normalized spacial score (nSPS) is 15.9. The summed E-state index contributed by atoms with van der Waals surface area (Å²) in [6.07, 6.45) is -0.512. The van der Waals surface area contributed by atoms with Crippen molar-refractivity contribution in [3.8, 4) is 5.75 Å². The van der Waals surface area contributed by atoms with E-state index in [2.05, 4.69) is 5.32 Å². The molecule has 0 bridgehead atoms. The number of hydrogen-bond acceptors (Lipinski definition) is 5. The Balaban J connectivity index is 1.58. The number of benzene rings is 1. The molecule has 1 atom stereocenters. The number of para-hydroxylation sites is 2. The molecule has 8 heteroatoms. The first-order valence-corrected chi connectivity index (χ1v) is 8.53. The minimum atomic E-state index is -1.08. The van der Waals surface area contributed by atoms with Crippen molar-refractivity contribution in [1.82, 2.24) is 5.32 Å². The van der Waals surface area contributed by atoms with Crippen LogP contribution in [0, 0.1) is 6.92 Å². The minimum Gasteiger partial charge on any atom is -0.479 e. The Hall–Kier alpha value is -3.29. The zero-order valence-electron chi connectivity index (χ0n) is 15.0. The first kappa shape index (κ1) is 18.5. The molecule has 1 aliphatic heterocycles. The third-order valence-corrected chi connectivity index (χ3v) is 4.30. The lowest BCUT2D eigenvalue weighted by Gasteiger charge is -2.32. The Kier molecular flexibility index (Phi) is 5.16. The predicted octanol–water partition coefficient (Wildman–Crippen LogP) is 2.11. The molecule has 2 aromatic rings. The zero-order chi connectivity index (χ0) is 19.6. The Labute approximate surface area is 155 Å². The second-order valence-electron chi connectivity index (χ2n) is 6.23. The number of carboxylic acids is 1. The Bertz CT molecular complexity index is 888. The van der Waals surface area contributed by atoms with Crippen molar-refractivity contribution in [3.63, 3.8) is 0 Å². The van der Waals surface area contributed by atoms with Crippen molar-refractivity contribution < 1.29 is 28.6 Å². The summed E-state index contributed by atoms with van der Waals surface area (Å²) in [6.45, 7) is 3.52. The molecule has 2 N–H and O–H groups in total. The smallest absolute Gasteiger partial charge is 0.339 e. The number of fused-ring (bicyclic) bond motifs is 1. The number of ether oxygens (including phenoxy) is 1. The van der Waals surface area contributed by atoms with Gasteiger partial charge < -0.3 is 24.5 Å². The largest absolute Gasteiger partial charge is 0.479 e. The standard InChI is InChI=1S/C19H20N2O6/c1-11-14(19(24)25)9-13(26-11)10-20-17(22)7-8-21-15-5-3-4-6-16(15)27-12(2)18(21)23/h3-6,9,12H,7-8,10H2,1-2H3,(H,20,22)(H,24,25)/t12-/m1/s1. The summed E-state index contributed by atoms with van der Waals surface area (Å²) in [6, 6.07) is 8.57. The van der Waals surface area contributed by atoms with Gasteiger partial charge in [-0.1, -0.05) is 12.1 Å². The highest BCUT2D eigenvalue weighted by atomic mass is 16.5. The predicted molar refractivity (Wildman–Crippen MR) is 95.8 cm³/mol. The van der Waals surface area contributed by atoms with Gasteiger partial charge in [0, 0.05) is 13.0 Å². The molecule has 0 unspecified atom stereocenters. The van der Waals surface area contributed by atoms with Crippen LogP contribution in [0.3, 0.4) is 0 Å². The lowest BCUT2D eigenvalue weighted by Crippen LogP contribution is -2.45. The third-order valence-electron chi connectivity index (χ3n) is 4.30. The summed E-state index contributed by atoms with van der Waals surface area (Å²) in [7, 11) is 0. The molecule has 2 amide bonds. The van der Waals surface area contributed by atoms with E-state index in [0.717, 1.165) is 0 Å². The van der Waals surface area contributed by atoms with Crippen LogP contribution in [0.25, 0.3) is 0 Å². The summed E-state index contributed by atoms with van der Waals surface area (Å²) < 4.78 is 10.9. The molecule has 1 aromatic heterocycles. The quantitative estimate of drug-likeness (QED) is 0.804. The molecule has 0 spiro atoms. The van der Waals surface area contributed by atoms with E-state index in [1.54, 1.807) is 36.9 Å². The SMILES string of the molecule is Cc1oc(CNC(=O)CCN2C(=O)[C@@H](C)Oc3ccccc32)cc1C(=O)O. The van der Waals surface area contributed by atoms with Crippen molar-refractivity contribution in [1.29, 1.82) is 0 Å². The number of hydrogen-bond donors (Lipinski definition) is 2. The maximum atomic E-state index is 12.4. The van der Waals surface area contributed by atoms with Crippen LogP contribution in [0.2, 0.25) is 0 Å². The highest BCUT2D eigenvalue weighted by Crippen LogP contribution is 2.33. The number of carbonyl (C=O) groups excluding carboxylic acids is 2. The van der Waals surface area contributed by atoms with Crippen LogP contribution in [-0.4, -0.2) is 35.5 Å². The van der Waals surface area contributed by atoms with Crippen LogP contribution in [0.1, 0.15) is 35.2 Å². The first-order chi connectivity index (χ1) is 12.9. The number of carboxylic acid groups (broad SMARTS) is 1. The van der Waals surface area contributed by atoms with Crippen molar-refractivity contribution in [2.75, 3.05) is 11.4 Å². The number of aryl methyl sites for hydroxylation is 1. The topological polar surface area (TPSA) is 109 Å². The van der Waals surface area contributed by atoms with Gasteiger partial charge in [0.05, 0.1) is 12.2 Å². The van der Waals surface area contributed by atoms with Crippen LogP contribution in [0.5, 0.6) is 5.75 Å². The van der Waals surface area contributed by atoms with Crippen LogP contribution >= 0.6 is 0 Å². The van der Waals surface area contributed by atoms with Crippen LogP contribution in [0.4, 0.5) is 5.69 Å². The van der Waals surface area contributed by atoms with Gasteiger partial charge in [-0.05, 0) is 32.0 Å². The molecule has 8 nitrogen and oxygen atoms in total. The third kappa shape index (κ3) is 3.94. The fourth-order valence-electron chi connectivity index (χ4n) is 2.92. The fraction of sp³-hybridized carbons (Fsp3) is 0.316. The average Bonchev–Trinajstić information content (AvgIpc) is 3.01. The molecular weight excluding hydrogens is 352 g/mol. The van der Waals surface area contributed by atoms with E-state index < -0.39 is 12.1 Å². The van der Waals surface area contributed by atoms with Gasteiger partial charge >= 0.3 is 5.97 Å². The average molecular weight is 372 g/mol. The number of furan rings is 1. The molecule has 27 heavy (non-hydrogen) atoms. The summed E-state index contributed by atoms with van der Waals surface area (Å²) in [5.41, 5.74) is 0.713. The van der Waals surface area contributed by atoms with Crippen molar-refractivity contribution in [3.05, 3.63) is 47.4 Å². The minimum absolute atomic E-state index is 0.0729. The summed E-state index contributed by atoms with van der Waals surface area (Å²) in [4.78, 5) is 37.1. The van der Waals surface area contributed by atoms with Gasteiger partial charge in [0.1, 0.15) is 22.8 Å². The molecule has 1 aliphatic rings. The Morgan fingerprint density at radius 2 is 2.04 bits per heavy atom. The highest BCUT2D eigenvalue weighted by molar-refractivity contribution is 6.00. The van der Waals surface area contributed by atoms with Gasteiger partial charge in [0.15, 0.2) is 6.10 Å². The Morgan fingerprint density at radius 3 is 2.74 bits per heavy atom. The summed E-state index contributed by atoms with van der Waals surface area (Å²) in [5.74, 6) is -0.291. The number of rotatable bonds is 6. The van der Waals surface area contributed by atoms with E-state index in [1.165, 1.54) is 6.07 Å². The van der Waals surface area contributed by atoms with Gasteiger partial charge in [-0.2, -0.15) is 0 Å². The number of carbonyl (C=O) groups is 3. The van der Waals surface area contributed by atoms with Crippen molar-refractivity contribution >= 4 is 23.5 Å². The molecule has 0 saturated carbocycles. The van der Waals surface area contributed by atoms with Gasteiger partial charge in [0.2, 0.25) is 5.91 Å². The number of nitrogens with zero attached hydrogens (tertiary/aromatic N) is 1. The molecule has 142 valence electrons. The lowest BCUT2D eigenvalue weighted by molar-refractivity contribution is -0.125. The van der Waals surface area contributed by atoms with Gasteiger partial charge in [-0.3, -0.25) is 9.59 Å². The number of aromatic carboxylic acids is 1. The molecule has 1 aromatic carbocycles. The summed E-state index contributed by atoms with van der Waals surface area (Å²) >= 11 is 0. The van der Waals surface area contributed by atoms with E-state index in [1.807, 2.05) is 6.07 Å². The van der Waals surface area contributed by atoms with Gasteiger partial charge in [-0.25, -0.2) is 4.79 Å². The summed E-state index contributed by atoms with van der Waals surface area (Å²) in [5, 5.41) is 11.7. The zero-order valence-corrected chi connectivity index (χ0v) is 15.0. The molecule has 0 radical (unpaired) electrons. The molecule has 3 rings (SSSR count). The monoisotopic (exact) mass is 372 g/mol. The van der Waals surface area contributed by atoms with Gasteiger partial charge in [-0.15, -0.1) is 0 Å². The fourth-order valence-corrected chi connectivity index (χ4v) is 2.92. The second kappa shape index (κ2) is 7.53. The first-order valence-electron chi connectivity index (χ1n) is 8.53. The lowest BCUT2D eigenvalue weighted by atomic mass is 10.1. The molecule has 2 heterocycles.